The first kappa shape index (κ1) is 12.9. The first-order chi connectivity index (χ1) is 8.60. The standard InChI is InChI=1S/C12H11Cl2N3O/c1-2-7-3-12(17-6-16-7)18-11-5-9(14)8(13)4-10(11)15/h3-6H,2,15H2,1H3. The summed E-state index contributed by atoms with van der Waals surface area (Å²) in [6.07, 6.45) is 2.25. The number of nitrogen functional groups attached to an aromatic ring is 1. The van der Waals surface area contributed by atoms with Crippen molar-refractivity contribution in [1.29, 1.82) is 0 Å². The second-order valence-electron chi connectivity index (χ2n) is 3.61. The minimum Gasteiger partial charge on any atom is -0.437 e. The van der Waals surface area contributed by atoms with Crippen molar-refractivity contribution in [1.82, 2.24) is 9.97 Å². The largest absolute Gasteiger partial charge is 0.437 e. The number of halogens is 2. The van der Waals surface area contributed by atoms with E-state index in [1.807, 2.05) is 6.92 Å². The number of ether oxygens (including phenoxy) is 1. The summed E-state index contributed by atoms with van der Waals surface area (Å²) in [4.78, 5) is 8.09. The van der Waals surface area contributed by atoms with E-state index in [1.165, 1.54) is 6.33 Å². The molecule has 1 aromatic heterocycles. The van der Waals surface area contributed by atoms with Crippen LogP contribution in [0, 0.1) is 0 Å². The Hall–Kier alpha value is -1.52. The third-order valence-corrected chi connectivity index (χ3v) is 3.05. The molecule has 94 valence electrons. The van der Waals surface area contributed by atoms with Crippen LogP contribution in [-0.4, -0.2) is 9.97 Å². The van der Waals surface area contributed by atoms with Crippen molar-refractivity contribution in [2.24, 2.45) is 0 Å². The second-order valence-corrected chi connectivity index (χ2v) is 4.42. The molecular weight excluding hydrogens is 273 g/mol. The quantitative estimate of drug-likeness (QED) is 0.872. The zero-order chi connectivity index (χ0) is 13.1. The maximum absolute atomic E-state index is 5.91. The molecular formula is C12H11Cl2N3O. The lowest BCUT2D eigenvalue weighted by atomic mass is 10.3. The van der Waals surface area contributed by atoms with Crippen LogP contribution < -0.4 is 10.5 Å². The Morgan fingerprint density at radius 3 is 2.61 bits per heavy atom. The van der Waals surface area contributed by atoms with Crippen molar-refractivity contribution < 1.29 is 4.74 Å². The Kier molecular flexibility index (Phi) is 3.89. The minimum atomic E-state index is 0.380. The summed E-state index contributed by atoms with van der Waals surface area (Å²) >= 11 is 11.8. The molecule has 0 spiro atoms. The Morgan fingerprint density at radius 1 is 1.17 bits per heavy atom. The number of nitrogens with zero attached hydrogens (tertiary/aromatic N) is 2. The fraction of sp³-hybridized carbons (Fsp3) is 0.167. The Labute approximate surface area is 115 Å². The molecule has 0 atom stereocenters. The van der Waals surface area contributed by atoms with E-state index in [-0.39, 0.29) is 0 Å². The van der Waals surface area contributed by atoms with Gasteiger partial charge in [-0.1, -0.05) is 30.1 Å². The molecule has 2 aromatic rings. The summed E-state index contributed by atoms with van der Waals surface area (Å²) in [5.74, 6) is 0.845. The molecule has 1 aromatic carbocycles. The van der Waals surface area contributed by atoms with Crippen molar-refractivity contribution in [2.45, 2.75) is 13.3 Å². The molecule has 0 bridgehead atoms. The Balaban J connectivity index is 2.30. The smallest absolute Gasteiger partial charge is 0.222 e. The molecule has 4 nitrogen and oxygen atoms in total. The molecule has 0 saturated heterocycles. The summed E-state index contributed by atoms with van der Waals surface area (Å²) in [6.45, 7) is 2.00. The predicted octanol–water partition coefficient (Wildman–Crippen LogP) is 3.72. The number of hydrogen-bond donors (Lipinski definition) is 1. The van der Waals surface area contributed by atoms with Gasteiger partial charge in [0.05, 0.1) is 15.7 Å². The zero-order valence-corrected chi connectivity index (χ0v) is 11.2. The van der Waals surface area contributed by atoms with Gasteiger partial charge >= 0.3 is 0 Å². The van der Waals surface area contributed by atoms with Gasteiger partial charge in [-0.2, -0.15) is 0 Å². The topological polar surface area (TPSA) is 61.0 Å². The highest BCUT2D eigenvalue weighted by Gasteiger charge is 2.08. The molecule has 0 amide bonds. The lowest BCUT2D eigenvalue weighted by molar-refractivity contribution is 0.462. The summed E-state index contributed by atoms with van der Waals surface area (Å²) in [5, 5.41) is 0.768. The van der Waals surface area contributed by atoms with Gasteiger partial charge in [0.2, 0.25) is 5.88 Å². The highest BCUT2D eigenvalue weighted by molar-refractivity contribution is 6.42. The average molecular weight is 284 g/mol. The van der Waals surface area contributed by atoms with E-state index < -0.39 is 0 Å². The number of benzene rings is 1. The van der Waals surface area contributed by atoms with E-state index in [1.54, 1.807) is 18.2 Å². The molecule has 0 saturated carbocycles. The first-order valence-corrected chi connectivity index (χ1v) is 6.09. The molecule has 0 aliphatic rings. The van der Waals surface area contributed by atoms with Crippen molar-refractivity contribution >= 4 is 28.9 Å². The van der Waals surface area contributed by atoms with Crippen LogP contribution in [0.4, 0.5) is 5.69 Å². The van der Waals surface area contributed by atoms with Gasteiger partial charge in [-0.05, 0) is 12.5 Å². The van der Waals surface area contributed by atoms with E-state index in [4.69, 9.17) is 33.7 Å². The van der Waals surface area contributed by atoms with Gasteiger partial charge in [0.15, 0.2) is 5.75 Å². The SMILES string of the molecule is CCc1cc(Oc2cc(Cl)c(Cl)cc2N)ncn1. The summed E-state index contributed by atoms with van der Waals surface area (Å²) in [6, 6.07) is 4.86. The first-order valence-electron chi connectivity index (χ1n) is 5.33. The number of rotatable bonds is 3. The fourth-order valence-electron chi connectivity index (χ4n) is 1.37. The van der Waals surface area contributed by atoms with E-state index in [0.717, 1.165) is 12.1 Å². The fourth-order valence-corrected chi connectivity index (χ4v) is 1.70. The molecule has 2 N–H and O–H groups in total. The monoisotopic (exact) mass is 283 g/mol. The third kappa shape index (κ3) is 2.83. The number of hydrogen-bond acceptors (Lipinski definition) is 4. The van der Waals surface area contributed by atoms with Crippen LogP contribution in [0.3, 0.4) is 0 Å². The highest BCUT2D eigenvalue weighted by Crippen LogP contribution is 2.34. The number of aromatic nitrogens is 2. The zero-order valence-electron chi connectivity index (χ0n) is 9.65. The van der Waals surface area contributed by atoms with Crippen LogP contribution in [0.1, 0.15) is 12.6 Å². The van der Waals surface area contributed by atoms with Crippen molar-refractivity contribution in [3.05, 3.63) is 40.3 Å². The lowest BCUT2D eigenvalue weighted by Crippen LogP contribution is -1.96. The van der Waals surface area contributed by atoms with E-state index in [0.29, 0.717) is 27.4 Å². The minimum absolute atomic E-state index is 0.380. The van der Waals surface area contributed by atoms with Gasteiger partial charge in [0.25, 0.3) is 0 Å². The van der Waals surface area contributed by atoms with Gasteiger partial charge in [0.1, 0.15) is 6.33 Å². The van der Waals surface area contributed by atoms with Crippen LogP contribution in [0.2, 0.25) is 10.0 Å². The Bertz CT molecular complexity index is 575. The molecule has 0 aliphatic carbocycles. The molecule has 1 heterocycles. The van der Waals surface area contributed by atoms with Crippen molar-refractivity contribution in [2.75, 3.05) is 5.73 Å². The maximum Gasteiger partial charge on any atom is 0.222 e. The molecule has 0 unspecified atom stereocenters. The van der Waals surface area contributed by atoms with Crippen LogP contribution >= 0.6 is 23.2 Å². The third-order valence-electron chi connectivity index (χ3n) is 2.33. The van der Waals surface area contributed by atoms with Gasteiger partial charge < -0.3 is 10.5 Å². The number of nitrogens with two attached hydrogens (primary N) is 1. The van der Waals surface area contributed by atoms with Gasteiger partial charge in [-0.3, -0.25) is 0 Å². The molecule has 0 fully saturated rings. The summed E-state index contributed by atoms with van der Waals surface area (Å²) < 4.78 is 5.57. The van der Waals surface area contributed by atoms with Gasteiger partial charge in [0, 0.05) is 17.8 Å². The summed E-state index contributed by atoms with van der Waals surface area (Å²) in [5.41, 5.74) is 7.09. The van der Waals surface area contributed by atoms with Crippen LogP contribution in [0.5, 0.6) is 11.6 Å². The maximum atomic E-state index is 5.91. The van der Waals surface area contributed by atoms with Gasteiger partial charge in [-0.15, -0.1) is 0 Å². The van der Waals surface area contributed by atoms with Crippen molar-refractivity contribution in [3.8, 4) is 11.6 Å². The van der Waals surface area contributed by atoms with E-state index >= 15 is 0 Å². The number of anilines is 1. The molecule has 6 heteroatoms. The lowest BCUT2D eigenvalue weighted by Gasteiger charge is -2.09. The second kappa shape index (κ2) is 5.42. The molecule has 18 heavy (non-hydrogen) atoms. The van der Waals surface area contributed by atoms with E-state index in [9.17, 15) is 0 Å². The van der Waals surface area contributed by atoms with Crippen LogP contribution in [0.15, 0.2) is 24.5 Å². The molecule has 0 radical (unpaired) electrons. The number of aryl methyl sites for hydroxylation is 1. The van der Waals surface area contributed by atoms with Crippen LogP contribution in [0.25, 0.3) is 0 Å². The van der Waals surface area contributed by atoms with Crippen LogP contribution in [-0.2, 0) is 6.42 Å². The molecule has 2 rings (SSSR count). The highest BCUT2D eigenvalue weighted by atomic mass is 35.5. The van der Waals surface area contributed by atoms with Crippen molar-refractivity contribution in [3.63, 3.8) is 0 Å². The normalized spacial score (nSPS) is 10.4. The molecule has 0 aliphatic heterocycles. The predicted molar refractivity (Wildman–Crippen MR) is 72.4 cm³/mol. The van der Waals surface area contributed by atoms with E-state index in [2.05, 4.69) is 9.97 Å². The summed E-state index contributed by atoms with van der Waals surface area (Å²) in [7, 11) is 0. The van der Waals surface area contributed by atoms with Gasteiger partial charge in [-0.25, -0.2) is 9.97 Å². The Morgan fingerprint density at radius 2 is 1.89 bits per heavy atom. The average Bonchev–Trinajstić information content (AvgIpc) is 2.36.